The molecule has 2 heterocycles. The first-order valence-corrected chi connectivity index (χ1v) is 6.86. The van der Waals surface area contributed by atoms with Gasteiger partial charge in [-0.3, -0.25) is 4.79 Å². The molecule has 1 amide bonds. The molecule has 0 saturated carbocycles. The lowest BCUT2D eigenvalue weighted by molar-refractivity contribution is 0.0716. The number of H-pyrrole nitrogens is 1. The Morgan fingerprint density at radius 1 is 1.48 bits per heavy atom. The number of aromatic amines is 1. The largest absolute Gasteiger partial charge is 0.493 e. The van der Waals surface area contributed by atoms with Crippen molar-refractivity contribution in [3.63, 3.8) is 0 Å². The zero-order valence-electron chi connectivity index (χ0n) is 11.8. The fourth-order valence-corrected chi connectivity index (χ4v) is 2.44. The van der Waals surface area contributed by atoms with Crippen molar-refractivity contribution in [2.45, 2.75) is 13.0 Å². The molecule has 6 nitrogen and oxygen atoms in total. The van der Waals surface area contributed by atoms with Crippen LogP contribution in [0.2, 0.25) is 0 Å². The highest BCUT2D eigenvalue weighted by atomic mass is 16.5. The fraction of sp³-hybridized carbons (Fsp3) is 0.333. The number of carbonyl (C=O) groups is 1. The molecule has 21 heavy (non-hydrogen) atoms. The molecular formula is C15H17N3O3. The SMILES string of the molecule is COc1cccc2c1OCCCN(C(=O)c1cnc[nH]1)C2. The van der Waals surface area contributed by atoms with Crippen LogP contribution >= 0.6 is 0 Å². The Kier molecular flexibility index (Phi) is 3.77. The van der Waals surface area contributed by atoms with E-state index in [4.69, 9.17) is 9.47 Å². The van der Waals surface area contributed by atoms with Crippen LogP contribution in [0.1, 0.15) is 22.5 Å². The summed E-state index contributed by atoms with van der Waals surface area (Å²) in [6, 6.07) is 5.72. The summed E-state index contributed by atoms with van der Waals surface area (Å²) in [5.41, 5.74) is 1.45. The number of hydrogen-bond acceptors (Lipinski definition) is 4. The number of ether oxygens (including phenoxy) is 2. The number of aromatic nitrogens is 2. The van der Waals surface area contributed by atoms with Crippen molar-refractivity contribution in [1.29, 1.82) is 0 Å². The van der Waals surface area contributed by atoms with Gasteiger partial charge in [-0.2, -0.15) is 0 Å². The number of imidazole rings is 1. The number of carbonyl (C=O) groups excluding carboxylic acids is 1. The Morgan fingerprint density at radius 2 is 2.38 bits per heavy atom. The molecule has 0 spiro atoms. The van der Waals surface area contributed by atoms with Gasteiger partial charge in [0.05, 0.1) is 26.2 Å². The van der Waals surface area contributed by atoms with Crippen LogP contribution in [0.15, 0.2) is 30.7 Å². The summed E-state index contributed by atoms with van der Waals surface area (Å²) in [5.74, 6) is 1.37. The van der Waals surface area contributed by atoms with Gasteiger partial charge >= 0.3 is 0 Å². The van der Waals surface area contributed by atoms with Gasteiger partial charge in [0, 0.05) is 18.7 Å². The molecule has 0 radical (unpaired) electrons. The van der Waals surface area contributed by atoms with Crippen molar-refractivity contribution >= 4 is 5.91 Å². The van der Waals surface area contributed by atoms with E-state index < -0.39 is 0 Å². The second-order valence-corrected chi connectivity index (χ2v) is 4.84. The summed E-state index contributed by atoms with van der Waals surface area (Å²) < 4.78 is 11.1. The van der Waals surface area contributed by atoms with Gasteiger partial charge in [-0.05, 0) is 12.5 Å². The maximum atomic E-state index is 12.5. The number of benzene rings is 1. The van der Waals surface area contributed by atoms with Crippen LogP contribution in [0.3, 0.4) is 0 Å². The Hall–Kier alpha value is -2.50. The summed E-state index contributed by atoms with van der Waals surface area (Å²) in [4.78, 5) is 21.0. The maximum Gasteiger partial charge on any atom is 0.272 e. The second kappa shape index (κ2) is 5.87. The first-order chi connectivity index (χ1) is 10.3. The molecule has 0 atom stereocenters. The van der Waals surface area contributed by atoms with Crippen LogP contribution in [0, 0.1) is 0 Å². The molecule has 6 heteroatoms. The summed E-state index contributed by atoms with van der Waals surface area (Å²) in [6.07, 6.45) is 3.83. The van der Waals surface area contributed by atoms with Crippen molar-refractivity contribution < 1.29 is 14.3 Å². The van der Waals surface area contributed by atoms with Gasteiger partial charge in [0.25, 0.3) is 5.91 Å². The molecule has 0 fully saturated rings. The average molecular weight is 287 g/mol. The van der Waals surface area contributed by atoms with Crippen LogP contribution in [-0.2, 0) is 6.54 Å². The van der Waals surface area contributed by atoms with E-state index in [0.717, 1.165) is 17.7 Å². The topological polar surface area (TPSA) is 67.5 Å². The molecule has 110 valence electrons. The number of nitrogens with zero attached hydrogens (tertiary/aromatic N) is 2. The van der Waals surface area contributed by atoms with E-state index in [1.807, 2.05) is 18.2 Å². The smallest absolute Gasteiger partial charge is 0.272 e. The van der Waals surface area contributed by atoms with Crippen molar-refractivity contribution in [2.24, 2.45) is 0 Å². The fourth-order valence-electron chi connectivity index (χ4n) is 2.44. The molecule has 1 aromatic carbocycles. The quantitative estimate of drug-likeness (QED) is 0.915. The lowest BCUT2D eigenvalue weighted by Gasteiger charge is -2.26. The van der Waals surface area contributed by atoms with Gasteiger partial charge in [0.15, 0.2) is 11.5 Å². The van der Waals surface area contributed by atoms with Crippen LogP contribution in [0.5, 0.6) is 11.5 Å². The van der Waals surface area contributed by atoms with E-state index in [1.165, 1.54) is 6.33 Å². The van der Waals surface area contributed by atoms with Gasteiger partial charge in [0.1, 0.15) is 5.69 Å². The van der Waals surface area contributed by atoms with E-state index in [2.05, 4.69) is 9.97 Å². The zero-order valence-corrected chi connectivity index (χ0v) is 11.8. The van der Waals surface area contributed by atoms with Crippen LogP contribution in [0.4, 0.5) is 0 Å². The number of methoxy groups -OCH3 is 1. The highest BCUT2D eigenvalue weighted by molar-refractivity contribution is 5.92. The summed E-state index contributed by atoms with van der Waals surface area (Å²) in [7, 11) is 1.62. The number of hydrogen-bond donors (Lipinski definition) is 1. The Morgan fingerprint density at radius 3 is 3.14 bits per heavy atom. The highest BCUT2D eigenvalue weighted by Gasteiger charge is 2.22. The minimum atomic E-state index is -0.0526. The second-order valence-electron chi connectivity index (χ2n) is 4.84. The van der Waals surface area contributed by atoms with Gasteiger partial charge in [-0.15, -0.1) is 0 Å². The van der Waals surface area contributed by atoms with Crippen molar-refractivity contribution in [2.75, 3.05) is 20.3 Å². The van der Waals surface area contributed by atoms with E-state index in [0.29, 0.717) is 31.1 Å². The molecule has 1 aliphatic rings. The van der Waals surface area contributed by atoms with Gasteiger partial charge in [0.2, 0.25) is 0 Å². The third-order valence-electron chi connectivity index (χ3n) is 3.48. The molecule has 1 N–H and O–H groups in total. The van der Waals surface area contributed by atoms with E-state index >= 15 is 0 Å². The molecule has 0 saturated heterocycles. The Bertz CT molecular complexity index is 625. The number of amides is 1. The maximum absolute atomic E-state index is 12.5. The van der Waals surface area contributed by atoms with Gasteiger partial charge in [-0.25, -0.2) is 4.98 Å². The first-order valence-electron chi connectivity index (χ1n) is 6.86. The number of rotatable bonds is 2. The van der Waals surface area contributed by atoms with Crippen LogP contribution < -0.4 is 9.47 Å². The lowest BCUT2D eigenvalue weighted by Crippen LogP contribution is -2.34. The minimum absolute atomic E-state index is 0.0526. The number of nitrogens with one attached hydrogen (secondary N) is 1. The predicted molar refractivity (Wildman–Crippen MR) is 76.4 cm³/mol. The predicted octanol–water partition coefficient (Wildman–Crippen LogP) is 1.84. The van der Waals surface area contributed by atoms with Crippen molar-refractivity contribution in [1.82, 2.24) is 14.9 Å². The third-order valence-corrected chi connectivity index (χ3v) is 3.48. The molecule has 1 aliphatic heterocycles. The van der Waals surface area contributed by atoms with Gasteiger partial charge in [-0.1, -0.05) is 12.1 Å². The van der Waals surface area contributed by atoms with Crippen molar-refractivity contribution in [3.05, 3.63) is 42.0 Å². The molecule has 2 aromatic rings. The van der Waals surface area contributed by atoms with Gasteiger partial charge < -0.3 is 19.4 Å². The van der Waals surface area contributed by atoms with Crippen LogP contribution in [0.25, 0.3) is 0 Å². The highest BCUT2D eigenvalue weighted by Crippen LogP contribution is 2.33. The third kappa shape index (κ3) is 2.69. The van der Waals surface area contributed by atoms with E-state index in [1.54, 1.807) is 18.2 Å². The summed E-state index contributed by atoms with van der Waals surface area (Å²) >= 11 is 0. The Balaban J connectivity index is 1.90. The summed E-state index contributed by atoms with van der Waals surface area (Å²) in [5, 5.41) is 0. The molecular weight excluding hydrogens is 270 g/mol. The Labute approximate surface area is 122 Å². The lowest BCUT2D eigenvalue weighted by atomic mass is 10.1. The van der Waals surface area contributed by atoms with Crippen molar-refractivity contribution in [3.8, 4) is 11.5 Å². The molecule has 0 aliphatic carbocycles. The average Bonchev–Trinajstić information content (AvgIpc) is 3.01. The monoisotopic (exact) mass is 287 g/mol. The first kappa shape index (κ1) is 13.5. The molecule has 1 aromatic heterocycles. The normalized spacial score (nSPS) is 14.6. The molecule has 0 bridgehead atoms. The number of para-hydroxylation sites is 1. The number of fused-ring (bicyclic) bond motifs is 1. The standard InChI is InChI=1S/C15H17N3O3/c1-20-13-5-2-4-11-9-18(6-3-7-21-14(11)13)15(19)12-8-16-10-17-12/h2,4-5,8,10H,3,6-7,9H2,1H3,(H,16,17). The van der Waals surface area contributed by atoms with E-state index in [-0.39, 0.29) is 5.91 Å². The zero-order chi connectivity index (χ0) is 14.7. The minimum Gasteiger partial charge on any atom is -0.493 e. The molecule has 0 unspecified atom stereocenters. The van der Waals surface area contributed by atoms with E-state index in [9.17, 15) is 4.79 Å². The van der Waals surface area contributed by atoms with Crippen LogP contribution in [-0.4, -0.2) is 41.0 Å². The summed E-state index contributed by atoms with van der Waals surface area (Å²) in [6.45, 7) is 1.69. The molecule has 3 rings (SSSR count).